The lowest BCUT2D eigenvalue weighted by Crippen LogP contribution is -2.51. The Balaban J connectivity index is 0.906. The molecule has 1 aliphatic heterocycles. The largest absolute Gasteiger partial charge is 0.508 e. The summed E-state index contributed by atoms with van der Waals surface area (Å²) in [5.41, 5.74) is 6.86. The number of hydrogen-bond acceptors (Lipinski definition) is 9. The molecule has 10 heteroatoms. The van der Waals surface area contributed by atoms with Crippen molar-refractivity contribution in [1.29, 1.82) is 0 Å². The summed E-state index contributed by atoms with van der Waals surface area (Å²) in [6, 6.07) is 36.4. The molecule has 10 nitrogen and oxygen atoms in total. The van der Waals surface area contributed by atoms with E-state index in [2.05, 4.69) is 47.1 Å². The van der Waals surface area contributed by atoms with Crippen LogP contribution in [0.25, 0.3) is 22.2 Å². The van der Waals surface area contributed by atoms with Crippen LogP contribution in [0.15, 0.2) is 109 Å². The number of para-hydroxylation sites is 1. The smallest absolute Gasteiger partial charge is 0.226 e. The number of pyridine rings is 1. The maximum atomic E-state index is 10.0. The number of hydrogen-bond donors (Lipinski definition) is 1. The van der Waals surface area contributed by atoms with Gasteiger partial charge in [0.1, 0.15) is 30.4 Å². The van der Waals surface area contributed by atoms with Crippen molar-refractivity contribution in [3.05, 3.63) is 126 Å². The molecule has 0 bridgehead atoms. The predicted molar refractivity (Wildman–Crippen MR) is 224 cm³/mol. The fraction of sp³-hybridized carbons (Fsp3) is 0.362. The first-order valence-electron chi connectivity index (χ1n) is 20.3. The van der Waals surface area contributed by atoms with E-state index >= 15 is 0 Å². The molecule has 296 valence electrons. The Morgan fingerprint density at radius 2 is 1.40 bits per heavy atom. The van der Waals surface area contributed by atoms with Gasteiger partial charge in [0.2, 0.25) is 11.8 Å². The van der Waals surface area contributed by atoms with Crippen LogP contribution in [-0.2, 0) is 25.0 Å². The Hall–Kier alpha value is -5.58. The van der Waals surface area contributed by atoms with Gasteiger partial charge in [-0.3, -0.25) is 9.58 Å². The Kier molecular flexibility index (Phi) is 11.9. The molecule has 4 aromatic carbocycles. The molecule has 2 aromatic heterocycles. The van der Waals surface area contributed by atoms with Gasteiger partial charge in [-0.2, -0.15) is 10.1 Å². The Labute approximate surface area is 335 Å². The summed E-state index contributed by atoms with van der Waals surface area (Å²) in [6.07, 6.45) is 4.31. The molecule has 57 heavy (non-hydrogen) atoms. The molecule has 1 N–H and O–H groups in total. The first kappa shape index (κ1) is 38.3. The van der Waals surface area contributed by atoms with Crippen molar-refractivity contribution in [3.63, 3.8) is 0 Å². The third-order valence-electron chi connectivity index (χ3n) is 11.4. The summed E-state index contributed by atoms with van der Waals surface area (Å²) >= 11 is 0. The van der Waals surface area contributed by atoms with E-state index in [-0.39, 0.29) is 18.0 Å². The topological polar surface area (TPSA) is 94.3 Å². The number of aromatic nitrogens is 3. The normalized spacial score (nSPS) is 18.1. The van der Waals surface area contributed by atoms with Crippen LogP contribution in [0.3, 0.4) is 0 Å². The van der Waals surface area contributed by atoms with E-state index in [1.165, 1.54) is 5.69 Å². The molecule has 1 aliphatic carbocycles. The van der Waals surface area contributed by atoms with Gasteiger partial charge in [-0.05, 0) is 74.9 Å². The van der Waals surface area contributed by atoms with Crippen LogP contribution < -0.4 is 19.1 Å². The lowest BCUT2D eigenvalue weighted by Gasteiger charge is -2.39. The van der Waals surface area contributed by atoms with Crippen LogP contribution in [-0.4, -0.2) is 75.8 Å². The molecule has 1 saturated carbocycles. The van der Waals surface area contributed by atoms with Crippen molar-refractivity contribution in [2.45, 2.75) is 71.0 Å². The van der Waals surface area contributed by atoms with Gasteiger partial charge in [-0.15, -0.1) is 0 Å². The van der Waals surface area contributed by atoms with E-state index in [0.717, 1.165) is 103 Å². The molecule has 0 spiro atoms. The molecule has 6 aromatic rings. The molecule has 3 heterocycles. The Morgan fingerprint density at radius 3 is 2.12 bits per heavy atom. The number of piperazine rings is 1. The second kappa shape index (κ2) is 17.7. The number of nitrogens with zero attached hydrogens (tertiary/aromatic N) is 5. The van der Waals surface area contributed by atoms with Gasteiger partial charge in [0, 0.05) is 56.3 Å². The van der Waals surface area contributed by atoms with Gasteiger partial charge in [0.25, 0.3) is 0 Å². The van der Waals surface area contributed by atoms with Crippen LogP contribution >= 0.6 is 0 Å². The van der Waals surface area contributed by atoms with E-state index in [4.69, 9.17) is 29.0 Å². The highest BCUT2D eigenvalue weighted by molar-refractivity contribution is 6.01. The van der Waals surface area contributed by atoms with Crippen molar-refractivity contribution < 1.29 is 24.1 Å². The van der Waals surface area contributed by atoms with Gasteiger partial charge in [-0.25, -0.2) is 0 Å². The lowest BCUT2D eigenvalue weighted by molar-refractivity contribution is -0.0222. The number of phenols is 1. The Bertz CT molecular complexity index is 2230. The fourth-order valence-electron chi connectivity index (χ4n) is 8.03. The minimum atomic E-state index is 0.160. The van der Waals surface area contributed by atoms with Crippen molar-refractivity contribution in [2.75, 3.05) is 37.7 Å². The number of ether oxygens (including phenoxy) is 4. The Morgan fingerprint density at radius 1 is 0.737 bits per heavy atom. The number of rotatable bonds is 14. The number of aryl methyl sites for hydroxylation is 1. The third-order valence-corrected chi connectivity index (χ3v) is 11.4. The van der Waals surface area contributed by atoms with Gasteiger partial charge >= 0.3 is 0 Å². The summed E-state index contributed by atoms with van der Waals surface area (Å²) in [7, 11) is 2.02. The zero-order valence-electron chi connectivity index (χ0n) is 33.2. The first-order chi connectivity index (χ1) is 27.9. The van der Waals surface area contributed by atoms with E-state index in [1.54, 1.807) is 6.07 Å². The summed E-state index contributed by atoms with van der Waals surface area (Å²) in [5.74, 6) is 2.05. The first-order valence-corrected chi connectivity index (χ1v) is 20.3. The van der Waals surface area contributed by atoms with Crippen LogP contribution in [0.2, 0.25) is 0 Å². The monoisotopic (exact) mass is 767 g/mol. The number of benzene rings is 4. The maximum absolute atomic E-state index is 10.0. The molecule has 2 aliphatic rings. The molecule has 0 radical (unpaired) electrons. The van der Waals surface area contributed by atoms with Gasteiger partial charge < -0.3 is 29.0 Å². The van der Waals surface area contributed by atoms with E-state index in [0.29, 0.717) is 31.0 Å². The molecule has 8 rings (SSSR count). The number of phenolic OH excluding ortho intramolecular Hbond substituents is 1. The van der Waals surface area contributed by atoms with Gasteiger partial charge in [-0.1, -0.05) is 78.9 Å². The molecule has 1 atom stereocenters. The van der Waals surface area contributed by atoms with Crippen LogP contribution in [0, 0.1) is 6.92 Å². The zero-order chi connectivity index (χ0) is 39.1. The summed E-state index contributed by atoms with van der Waals surface area (Å²) in [4.78, 5) is 9.90. The summed E-state index contributed by atoms with van der Waals surface area (Å²) in [6.45, 7) is 9.46. The van der Waals surface area contributed by atoms with E-state index in [9.17, 15) is 5.11 Å². The summed E-state index contributed by atoms with van der Waals surface area (Å²) < 4.78 is 27.3. The SMILES string of the molecule is Cc1c(O)cccc1OC1CCC(OCC(C)N2CCN(c3cccc4c(-c5ccc(OCc6ccccc6)nc5OCc5ccccc5)nn(C)c34)CC2)CC1. The molecular weight excluding hydrogens is 715 g/mol. The standard InChI is InChI=1S/C47H53N5O5/c1-33(30-54-37-20-22-38(23-21-37)57-43-19-11-18-42(53)34(43)2)51-26-28-52(29-27-51)41-17-10-16-39-45(49-50(3)46(39)41)40-24-25-44(55-31-35-12-6-4-7-13-35)48-47(40)56-32-36-14-8-5-9-15-36/h4-19,24-25,33,37-38,53H,20-23,26-32H2,1-3H3. The van der Waals surface area contributed by atoms with Crippen molar-refractivity contribution >= 4 is 16.6 Å². The average Bonchev–Trinajstić information content (AvgIpc) is 3.60. The van der Waals surface area contributed by atoms with E-state index in [1.807, 2.05) is 91.4 Å². The number of fused-ring (bicyclic) bond motifs is 1. The van der Waals surface area contributed by atoms with Crippen molar-refractivity contribution in [2.24, 2.45) is 7.05 Å². The highest BCUT2D eigenvalue weighted by Gasteiger charge is 2.28. The van der Waals surface area contributed by atoms with Crippen LogP contribution in [0.5, 0.6) is 23.3 Å². The highest BCUT2D eigenvalue weighted by atomic mass is 16.5. The fourth-order valence-corrected chi connectivity index (χ4v) is 8.03. The minimum absolute atomic E-state index is 0.160. The van der Waals surface area contributed by atoms with Crippen molar-refractivity contribution in [3.8, 4) is 34.5 Å². The molecular formula is C47H53N5O5. The predicted octanol–water partition coefficient (Wildman–Crippen LogP) is 8.72. The van der Waals surface area contributed by atoms with Crippen LogP contribution in [0.4, 0.5) is 5.69 Å². The minimum Gasteiger partial charge on any atom is -0.508 e. The zero-order valence-corrected chi connectivity index (χ0v) is 33.2. The highest BCUT2D eigenvalue weighted by Crippen LogP contribution is 2.39. The van der Waals surface area contributed by atoms with Gasteiger partial charge in [0.05, 0.1) is 35.6 Å². The average molecular weight is 768 g/mol. The molecule has 0 amide bonds. The quantitative estimate of drug-likeness (QED) is 0.117. The number of anilines is 1. The lowest BCUT2D eigenvalue weighted by atomic mass is 9.94. The number of aromatic hydroxyl groups is 1. The molecule has 1 saturated heterocycles. The maximum Gasteiger partial charge on any atom is 0.226 e. The van der Waals surface area contributed by atoms with E-state index < -0.39 is 0 Å². The second-order valence-corrected chi connectivity index (χ2v) is 15.3. The molecule has 2 fully saturated rings. The van der Waals surface area contributed by atoms with Crippen molar-refractivity contribution in [1.82, 2.24) is 19.7 Å². The summed E-state index contributed by atoms with van der Waals surface area (Å²) in [5, 5.41) is 16.2. The second-order valence-electron chi connectivity index (χ2n) is 15.3. The van der Waals surface area contributed by atoms with Crippen LogP contribution in [0.1, 0.15) is 49.3 Å². The van der Waals surface area contributed by atoms with Gasteiger partial charge in [0.15, 0.2) is 0 Å². The third kappa shape index (κ3) is 9.03. The molecule has 1 unspecified atom stereocenters.